The molecule has 5 nitrogen and oxygen atoms in total. The van der Waals surface area contributed by atoms with Crippen molar-refractivity contribution in [2.24, 2.45) is 0 Å². The predicted octanol–water partition coefficient (Wildman–Crippen LogP) is -2.49. The van der Waals surface area contributed by atoms with Crippen LogP contribution in [0.5, 0.6) is 0 Å². The Labute approximate surface area is 121 Å². The van der Waals surface area contributed by atoms with E-state index < -0.39 is 10.1 Å². The molecule has 2 aromatic rings. The molecule has 2 aromatic carbocycles. The Balaban J connectivity index is 0.00000128. The van der Waals surface area contributed by atoms with Crippen LogP contribution in [0.4, 0.5) is 5.69 Å². The summed E-state index contributed by atoms with van der Waals surface area (Å²) < 4.78 is 32.9. The van der Waals surface area contributed by atoms with E-state index in [1.165, 1.54) is 12.1 Å². The zero-order valence-electron chi connectivity index (χ0n) is 9.17. The summed E-state index contributed by atoms with van der Waals surface area (Å²) in [7, 11) is -4.45. The number of rotatable bonds is 1. The third kappa shape index (κ3) is 3.19. The SMILES string of the molecule is Nc1cccc2c(S(=O)(=O)[O-])cccc12.O.[Na+]. The summed E-state index contributed by atoms with van der Waals surface area (Å²) in [6.45, 7) is 0. The Kier molecular flexibility index (Phi) is 5.60. The Morgan fingerprint density at radius 1 is 1.00 bits per heavy atom. The van der Waals surface area contributed by atoms with E-state index in [-0.39, 0.29) is 39.9 Å². The number of anilines is 1. The topological polar surface area (TPSA) is 115 Å². The fourth-order valence-corrected chi connectivity index (χ4v) is 2.22. The van der Waals surface area contributed by atoms with Crippen LogP contribution in [0.3, 0.4) is 0 Å². The van der Waals surface area contributed by atoms with E-state index in [4.69, 9.17) is 5.73 Å². The second-order valence-electron chi connectivity index (χ2n) is 3.15. The molecule has 0 spiro atoms. The molecule has 4 N–H and O–H groups in total. The second-order valence-corrected chi connectivity index (χ2v) is 4.50. The van der Waals surface area contributed by atoms with Crippen LogP contribution in [0.2, 0.25) is 0 Å². The van der Waals surface area contributed by atoms with Crippen molar-refractivity contribution in [2.75, 3.05) is 5.73 Å². The smallest absolute Gasteiger partial charge is 0.744 e. The molecule has 0 fully saturated rings. The van der Waals surface area contributed by atoms with E-state index in [0.717, 1.165) is 0 Å². The van der Waals surface area contributed by atoms with E-state index >= 15 is 0 Å². The average molecular weight is 263 g/mol. The Morgan fingerprint density at radius 2 is 1.53 bits per heavy atom. The van der Waals surface area contributed by atoms with Gasteiger partial charge in [-0.15, -0.1) is 0 Å². The Hall–Kier alpha value is -0.630. The monoisotopic (exact) mass is 263 g/mol. The fraction of sp³-hybridized carbons (Fsp3) is 0. The minimum atomic E-state index is -4.45. The van der Waals surface area contributed by atoms with Gasteiger partial charge in [0, 0.05) is 16.5 Å². The molecule has 7 heteroatoms. The molecule has 0 bridgehead atoms. The molecule has 86 valence electrons. The molecule has 0 amide bonds. The summed E-state index contributed by atoms with van der Waals surface area (Å²) in [6.07, 6.45) is 0. The van der Waals surface area contributed by atoms with Gasteiger partial charge in [-0.1, -0.05) is 24.3 Å². The molecular weight excluding hydrogens is 253 g/mol. The van der Waals surface area contributed by atoms with Gasteiger partial charge in [0.2, 0.25) is 0 Å². The molecule has 0 saturated heterocycles. The van der Waals surface area contributed by atoms with Gasteiger partial charge >= 0.3 is 29.6 Å². The van der Waals surface area contributed by atoms with Gasteiger partial charge in [-0.3, -0.25) is 0 Å². The summed E-state index contributed by atoms with van der Waals surface area (Å²) in [5, 5.41) is 0.946. The fourth-order valence-electron chi connectivity index (χ4n) is 1.52. The first kappa shape index (κ1) is 16.4. The number of nitrogen functional groups attached to an aromatic ring is 1. The molecule has 0 radical (unpaired) electrons. The summed E-state index contributed by atoms with van der Waals surface area (Å²) in [4.78, 5) is -0.229. The number of benzene rings is 2. The van der Waals surface area contributed by atoms with Crippen molar-refractivity contribution in [3.8, 4) is 0 Å². The van der Waals surface area contributed by atoms with Gasteiger partial charge in [0.15, 0.2) is 0 Å². The van der Waals surface area contributed by atoms with Crippen LogP contribution in [-0.4, -0.2) is 18.4 Å². The van der Waals surface area contributed by atoms with Gasteiger partial charge < -0.3 is 15.8 Å². The van der Waals surface area contributed by atoms with Crippen molar-refractivity contribution in [1.29, 1.82) is 0 Å². The first-order valence-corrected chi connectivity index (χ1v) is 5.64. The van der Waals surface area contributed by atoms with E-state index in [2.05, 4.69) is 0 Å². The minimum Gasteiger partial charge on any atom is -0.744 e. The van der Waals surface area contributed by atoms with Crippen LogP contribution in [0.25, 0.3) is 10.8 Å². The summed E-state index contributed by atoms with van der Waals surface area (Å²) in [6, 6.07) is 9.30. The molecule has 2 rings (SSSR count). The number of nitrogens with two attached hydrogens (primary N) is 1. The van der Waals surface area contributed by atoms with Gasteiger partial charge in [0.05, 0.1) is 4.90 Å². The molecular formula is C10H10NNaO4S. The number of fused-ring (bicyclic) bond motifs is 1. The number of hydrogen-bond donors (Lipinski definition) is 1. The van der Waals surface area contributed by atoms with E-state index in [0.29, 0.717) is 16.5 Å². The van der Waals surface area contributed by atoms with E-state index in [9.17, 15) is 13.0 Å². The largest absolute Gasteiger partial charge is 1.00 e. The third-order valence-electron chi connectivity index (χ3n) is 2.19. The first-order chi connectivity index (χ1) is 7.00. The van der Waals surface area contributed by atoms with E-state index in [1.54, 1.807) is 24.3 Å². The van der Waals surface area contributed by atoms with Crippen LogP contribution in [0.15, 0.2) is 41.3 Å². The van der Waals surface area contributed by atoms with Gasteiger partial charge in [-0.05, 0) is 12.1 Å². The van der Waals surface area contributed by atoms with Crippen molar-refractivity contribution in [1.82, 2.24) is 0 Å². The Bertz CT molecular complexity index is 627. The number of hydrogen-bond acceptors (Lipinski definition) is 4. The van der Waals surface area contributed by atoms with Crippen molar-refractivity contribution in [2.45, 2.75) is 4.90 Å². The summed E-state index contributed by atoms with van der Waals surface area (Å²) >= 11 is 0. The maximum Gasteiger partial charge on any atom is 1.00 e. The van der Waals surface area contributed by atoms with Gasteiger partial charge in [-0.2, -0.15) is 0 Å². The van der Waals surface area contributed by atoms with Gasteiger partial charge in [0.25, 0.3) is 0 Å². The molecule has 0 saturated carbocycles. The molecule has 0 aromatic heterocycles. The normalized spacial score (nSPS) is 10.4. The van der Waals surface area contributed by atoms with Crippen LogP contribution >= 0.6 is 0 Å². The molecule has 0 heterocycles. The zero-order valence-corrected chi connectivity index (χ0v) is 12.0. The summed E-state index contributed by atoms with van der Waals surface area (Å²) in [5.41, 5.74) is 6.13. The molecule has 0 aliphatic carbocycles. The molecule has 17 heavy (non-hydrogen) atoms. The van der Waals surface area contributed by atoms with Crippen molar-refractivity contribution in [3.63, 3.8) is 0 Å². The van der Waals surface area contributed by atoms with Crippen molar-refractivity contribution < 1.29 is 48.0 Å². The first-order valence-electron chi connectivity index (χ1n) is 4.23. The standard InChI is InChI=1S/C10H9NO3S.Na.H2O/c11-9-5-1-4-8-7(9)3-2-6-10(8)15(12,13)14;;/h1-6H,11H2,(H,12,13,14);;1H2/q;+1;/p-1. The molecule has 0 aliphatic heterocycles. The maximum atomic E-state index is 11.0. The second kappa shape index (κ2) is 5.81. The molecule has 0 unspecified atom stereocenters. The van der Waals surface area contributed by atoms with Crippen LogP contribution in [0, 0.1) is 0 Å². The summed E-state index contributed by atoms with van der Waals surface area (Å²) in [5.74, 6) is 0. The van der Waals surface area contributed by atoms with Crippen LogP contribution < -0.4 is 35.3 Å². The van der Waals surface area contributed by atoms with Gasteiger partial charge in [-0.25, -0.2) is 8.42 Å². The van der Waals surface area contributed by atoms with Gasteiger partial charge in [0.1, 0.15) is 10.1 Å². The molecule has 0 aliphatic rings. The average Bonchev–Trinajstić information content (AvgIpc) is 2.16. The molecule has 0 atom stereocenters. The minimum absolute atomic E-state index is 0. The van der Waals surface area contributed by atoms with Crippen LogP contribution in [0.1, 0.15) is 0 Å². The maximum absolute atomic E-state index is 11.0. The zero-order chi connectivity index (χ0) is 11.1. The van der Waals surface area contributed by atoms with Crippen molar-refractivity contribution >= 4 is 26.6 Å². The quantitative estimate of drug-likeness (QED) is 0.348. The predicted molar refractivity (Wildman–Crippen MR) is 59.9 cm³/mol. The van der Waals surface area contributed by atoms with E-state index in [1.807, 2.05) is 0 Å². The third-order valence-corrected chi connectivity index (χ3v) is 3.08. The Morgan fingerprint density at radius 3 is 2.12 bits per heavy atom. The van der Waals surface area contributed by atoms with Crippen LogP contribution in [-0.2, 0) is 10.1 Å². The van der Waals surface area contributed by atoms with Crippen molar-refractivity contribution in [3.05, 3.63) is 36.4 Å².